The topological polar surface area (TPSA) is 39.4 Å². The van der Waals surface area contributed by atoms with Crippen molar-refractivity contribution in [1.29, 1.82) is 0 Å². The summed E-state index contributed by atoms with van der Waals surface area (Å²) in [6.07, 6.45) is -3.90. The molecule has 1 atom stereocenters. The lowest BCUT2D eigenvalue weighted by atomic mass is 9.86. The average Bonchev–Trinajstić information content (AvgIpc) is 3.40. The Bertz CT molecular complexity index is 973. The van der Waals surface area contributed by atoms with Crippen LogP contribution < -0.4 is 0 Å². The average molecular weight is 390 g/mol. The van der Waals surface area contributed by atoms with Crippen LogP contribution in [0, 0.1) is 0 Å². The molecule has 1 aromatic carbocycles. The minimum atomic E-state index is -5.00. The molecule has 0 saturated carbocycles. The van der Waals surface area contributed by atoms with E-state index in [9.17, 15) is 18.0 Å². The number of furan rings is 1. The Morgan fingerprint density at radius 2 is 1.81 bits per heavy atom. The van der Waals surface area contributed by atoms with Crippen molar-refractivity contribution >= 4 is 22.9 Å². The molecule has 27 heavy (non-hydrogen) atoms. The molecule has 7 heteroatoms. The van der Waals surface area contributed by atoms with Gasteiger partial charge in [0.05, 0.1) is 16.7 Å². The van der Waals surface area contributed by atoms with Crippen LogP contribution in [-0.2, 0) is 15.1 Å². The first-order valence-electron chi connectivity index (χ1n) is 8.09. The van der Waals surface area contributed by atoms with Crippen LogP contribution in [0.25, 0.3) is 5.76 Å². The SMILES string of the molecule is O=C(C1=C(c2ccco2)OC(c2ccccc2)(c2cccs2)C1)C(F)(F)F. The van der Waals surface area contributed by atoms with E-state index in [0.29, 0.717) is 10.4 Å². The van der Waals surface area contributed by atoms with Crippen molar-refractivity contribution in [3.05, 3.63) is 88.0 Å². The molecule has 2 aromatic heterocycles. The zero-order valence-corrected chi connectivity index (χ0v) is 14.6. The lowest BCUT2D eigenvalue weighted by molar-refractivity contribution is -0.166. The number of ether oxygens (including phenoxy) is 1. The zero-order valence-electron chi connectivity index (χ0n) is 13.8. The van der Waals surface area contributed by atoms with Crippen LogP contribution in [0.15, 0.2) is 76.2 Å². The quantitative estimate of drug-likeness (QED) is 0.587. The van der Waals surface area contributed by atoms with Gasteiger partial charge in [-0.2, -0.15) is 13.2 Å². The highest BCUT2D eigenvalue weighted by molar-refractivity contribution is 7.10. The second-order valence-electron chi connectivity index (χ2n) is 6.06. The first kappa shape index (κ1) is 17.6. The number of hydrogen-bond donors (Lipinski definition) is 0. The van der Waals surface area contributed by atoms with Gasteiger partial charge >= 0.3 is 6.18 Å². The summed E-state index contributed by atoms with van der Waals surface area (Å²) in [4.78, 5) is 12.9. The molecular weight excluding hydrogens is 377 g/mol. The third-order valence-corrected chi connectivity index (χ3v) is 5.42. The van der Waals surface area contributed by atoms with Gasteiger partial charge in [-0.25, -0.2) is 0 Å². The zero-order chi connectivity index (χ0) is 19.1. The molecule has 0 saturated heterocycles. The summed E-state index contributed by atoms with van der Waals surface area (Å²) in [6.45, 7) is 0. The third-order valence-electron chi connectivity index (χ3n) is 4.41. The van der Waals surface area contributed by atoms with Gasteiger partial charge in [-0.3, -0.25) is 4.79 Å². The Morgan fingerprint density at radius 1 is 1.04 bits per heavy atom. The minimum absolute atomic E-state index is 0.0944. The molecule has 0 N–H and O–H groups in total. The first-order chi connectivity index (χ1) is 12.9. The number of rotatable bonds is 4. The molecule has 3 aromatic rings. The molecule has 0 radical (unpaired) electrons. The molecule has 1 aliphatic rings. The number of carbonyl (C=O) groups excluding carboxylic acids is 1. The van der Waals surface area contributed by atoms with Gasteiger partial charge in [-0.15, -0.1) is 11.3 Å². The standard InChI is InChI=1S/C20H13F3O3S/c21-20(22,23)18(24)14-12-19(16-9-5-11-27-16,13-6-2-1-3-7-13)26-17(14)15-8-4-10-25-15/h1-11H,12H2. The molecular formula is C20H13F3O3S. The smallest absolute Gasteiger partial charge is 0.454 e. The van der Waals surface area contributed by atoms with Crippen molar-refractivity contribution in [1.82, 2.24) is 0 Å². The maximum absolute atomic E-state index is 13.2. The Hall–Kier alpha value is -2.80. The van der Waals surface area contributed by atoms with Gasteiger partial charge in [-0.1, -0.05) is 36.4 Å². The minimum Gasteiger partial charge on any atom is -0.472 e. The van der Waals surface area contributed by atoms with Crippen LogP contribution in [0.1, 0.15) is 22.6 Å². The largest absolute Gasteiger partial charge is 0.472 e. The summed E-state index contributed by atoms with van der Waals surface area (Å²) < 4.78 is 51.1. The van der Waals surface area contributed by atoms with Gasteiger partial charge in [0.2, 0.25) is 0 Å². The fourth-order valence-corrected chi connectivity index (χ4v) is 4.10. The third kappa shape index (κ3) is 2.98. The Kier molecular flexibility index (Phi) is 4.19. The van der Waals surface area contributed by atoms with E-state index in [1.54, 1.807) is 36.4 Å². The van der Waals surface area contributed by atoms with E-state index in [1.807, 2.05) is 11.4 Å². The number of carbonyl (C=O) groups is 1. The van der Waals surface area contributed by atoms with Gasteiger partial charge in [0, 0.05) is 12.0 Å². The van der Waals surface area contributed by atoms with Crippen LogP contribution in [0.3, 0.4) is 0 Å². The maximum Gasteiger partial charge on any atom is 0.454 e. The second-order valence-corrected chi connectivity index (χ2v) is 7.01. The van der Waals surface area contributed by atoms with Gasteiger partial charge in [0.1, 0.15) is 0 Å². The number of ketones is 1. The van der Waals surface area contributed by atoms with Crippen molar-refractivity contribution < 1.29 is 27.1 Å². The normalized spacial score (nSPS) is 20.0. The van der Waals surface area contributed by atoms with E-state index in [1.165, 1.54) is 29.7 Å². The van der Waals surface area contributed by atoms with Crippen LogP contribution in [0.2, 0.25) is 0 Å². The van der Waals surface area contributed by atoms with Crippen molar-refractivity contribution in [2.24, 2.45) is 0 Å². The lowest BCUT2D eigenvalue weighted by Gasteiger charge is -2.29. The highest BCUT2D eigenvalue weighted by Crippen LogP contribution is 2.52. The van der Waals surface area contributed by atoms with E-state index < -0.39 is 23.1 Å². The predicted molar refractivity (Wildman–Crippen MR) is 93.9 cm³/mol. The predicted octanol–water partition coefficient (Wildman–Crippen LogP) is 5.55. The second kappa shape index (κ2) is 6.42. The molecule has 0 bridgehead atoms. The molecule has 0 aliphatic carbocycles. The van der Waals surface area contributed by atoms with Gasteiger partial charge in [0.15, 0.2) is 17.1 Å². The number of benzene rings is 1. The number of Topliss-reactive ketones (excluding diaryl/α,β-unsaturated/α-hetero) is 1. The fraction of sp³-hybridized carbons (Fsp3) is 0.150. The summed E-state index contributed by atoms with van der Waals surface area (Å²) >= 11 is 1.36. The van der Waals surface area contributed by atoms with E-state index in [4.69, 9.17) is 9.15 Å². The molecule has 0 amide bonds. The van der Waals surface area contributed by atoms with E-state index >= 15 is 0 Å². The van der Waals surface area contributed by atoms with Gasteiger partial charge < -0.3 is 9.15 Å². The fourth-order valence-electron chi connectivity index (χ4n) is 3.22. The molecule has 1 unspecified atom stereocenters. The molecule has 1 aliphatic heterocycles. The highest BCUT2D eigenvalue weighted by Gasteiger charge is 2.52. The summed E-state index contributed by atoms with van der Waals surface area (Å²) in [6, 6.07) is 15.5. The number of thiophene rings is 1. The molecule has 3 nitrogen and oxygen atoms in total. The molecule has 4 rings (SSSR count). The maximum atomic E-state index is 13.2. The van der Waals surface area contributed by atoms with E-state index in [2.05, 4.69) is 0 Å². The molecule has 0 fully saturated rings. The highest BCUT2D eigenvalue weighted by atomic mass is 32.1. The van der Waals surface area contributed by atoms with E-state index in [-0.39, 0.29) is 17.9 Å². The summed E-state index contributed by atoms with van der Waals surface area (Å²) in [7, 11) is 0. The van der Waals surface area contributed by atoms with Crippen LogP contribution >= 0.6 is 11.3 Å². The first-order valence-corrected chi connectivity index (χ1v) is 8.97. The van der Waals surface area contributed by atoms with Gasteiger partial charge in [-0.05, 0) is 23.6 Å². The van der Waals surface area contributed by atoms with Crippen molar-refractivity contribution in [3.8, 4) is 0 Å². The van der Waals surface area contributed by atoms with Crippen LogP contribution in [0.4, 0.5) is 13.2 Å². The Morgan fingerprint density at radius 3 is 2.41 bits per heavy atom. The lowest BCUT2D eigenvalue weighted by Crippen LogP contribution is -2.29. The van der Waals surface area contributed by atoms with Crippen molar-refractivity contribution in [2.75, 3.05) is 0 Å². The summed E-state index contributed by atoms with van der Waals surface area (Å²) in [5.41, 5.74) is -0.982. The van der Waals surface area contributed by atoms with Crippen LogP contribution in [-0.4, -0.2) is 12.0 Å². The summed E-state index contributed by atoms with van der Waals surface area (Å²) in [5.74, 6) is -1.99. The Labute approximate surface area is 156 Å². The number of halogens is 3. The Balaban J connectivity index is 1.89. The summed E-state index contributed by atoms with van der Waals surface area (Å²) in [5, 5.41) is 1.82. The monoisotopic (exact) mass is 390 g/mol. The molecule has 3 heterocycles. The van der Waals surface area contributed by atoms with Crippen molar-refractivity contribution in [2.45, 2.75) is 18.2 Å². The number of alkyl halides is 3. The van der Waals surface area contributed by atoms with Gasteiger partial charge in [0.25, 0.3) is 5.78 Å². The van der Waals surface area contributed by atoms with E-state index in [0.717, 1.165) is 0 Å². The number of hydrogen-bond acceptors (Lipinski definition) is 4. The van der Waals surface area contributed by atoms with Crippen molar-refractivity contribution in [3.63, 3.8) is 0 Å². The van der Waals surface area contributed by atoms with Crippen LogP contribution in [0.5, 0.6) is 0 Å². The molecule has 138 valence electrons. The molecule has 0 spiro atoms.